The van der Waals surface area contributed by atoms with Crippen LogP contribution in [-0.2, 0) is 0 Å². The summed E-state index contributed by atoms with van der Waals surface area (Å²) in [4.78, 5) is 5.21. The summed E-state index contributed by atoms with van der Waals surface area (Å²) < 4.78 is 0.904. The third-order valence-electron chi connectivity index (χ3n) is 2.12. The molecule has 0 unspecified atom stereocenters. The van der Waals surface area contributed by atoms with E-state index in [1.54, 1.807) is 23.5 Å². The van der Waals surface area contributed by atoms with Crippen molar-refractivity contribution < 1.29 is 5.21 Å². The molecular weight excluding hydrogens is 290 g/mol. The fourth-order valence-electron chi connectivity index (χ4n) is 1.32. The molecule has 1 aromatic heterocycles. The van der Waals surface area contributed by atoms with Gasteiger partial charge in [-0.1, -0.05) is 28.5 Å². The highest BCUT2D eigenvalue weighted by atomic mass is 35.5. The van der Waals surface area contributed by atoms with E-state index in [4.69, 9.17) is 22.5 Å². The summed E-state index contributed by atoms with van der Waals surface area (Å²) in [5.74, 6) is 0.0354. The number of benzene rings is 1. The van der Waals surface area contributed by atoms with Gasteiger partial charge in [0.1, 0.15) is 0 Å². The zero-order chi connectivity index (χ0) is 13.1. The number of nitrogens with two attached hydrogens (primary N) is 1. The van der Waals surface area contributed by atoms with Crippen LogP contribution in [0.15, 0.2) is 38.0 Å². The van der Waals surface area contributed by atoms with Crippen molar-refractivity contribution in [2.45, 2.75) is 16.2 Å². The molecule has 7 heteroatoms. The van der Waals surface area contributed by atoms with Crippen molar-refractivity contribution in [3.05, 3.63) is 39.9 Å². The summed E-state index contributed by atoms with van der Waals surface area (Å²) in [5, 5.41) is 14.3. The molecule has 0 fully saturated rings. The van der Waals surface area contributed by atoms with Gasteiger partial charge in [0.05, 0.1) is 0 Å². The Morgan fingerprint density at radius 2 is 2.33 bits per heavy atom. The number of halogens is 1. The summed E-state index contributed by atoms with van der Waals surface area (Å²) >= 11 is 8.93. The van der Waals surface area contributed by atoms with E-state index in [0.29, 0.717) is 10.6 Å². The van der Waals surface area contributed by atoms with Gasteiger partial charge < -0.3 is 10.9 Å². The molecule has 0 aliphatic heterocycles. The summed E-state index contributed by atoms with van der Waals surface area (Å²) in [7, 11) is 0. The van der Waals surface area contributed by atoms with Gasteiger partial charge in [-0.25, -0.2) is 4.98 Å². The second-order valence-electron chi connectivity index (χ2n) is 3.48. The maximum absolute atomic E-state index is 8.77. The molecule has 0 aliphatic carbocycles. The number of aryl methyl sites for hydroxylation is 1. The van der Waals surface area contributed by atoms with Gasteiger partial charge in [-0.2, -0.15) is 0 Å². The highest BCUT2D eigenvalue weighted by molar-refractivity contribution is 8.01. The molecule has 1 heterocycles. The topological polar surface area (TPSA) is 71.5 Å². The zero-order valence-corrected chi connectivity index (χ0v) is 11.8. The van der Waals surface area contributed by atoms with Crippen LogP contribution in [-0.4, -0.2) is 16.0 Å². The first-order valence-electron chi connectivity index (χ1n) is 4.97. The highest BCUT2D eigenvalue weighted by Gasteiger charge is 2.11. The number of amidine groups is 1. The van der Waals surface area contributed by atoms with Crippen LogP contribution >= 0.6 is 34.7 Å². The lowest BCUT2D eigenvalue weighted by Gasteiger charge is -2.06. The Balaban J connectivity index is 2.38. The first-order valence-corrected chi connectivity index (χ1v) is 7.05. The van der Waals surface area contributed by atoms with Gasteiger partial charge in [-0.3, -0.25) is 0 Å². The molecule has 0 aliphatic rings. The van der Waals surface area contributed by atoms with Crippen LogP contribution in [0.5, 0.6) is 0 Å². The van der Waals surface area contributed by atoms with Crippen LogP contribution in [0.25, 0.3) is 0 Å². The van der Waals surface area contributed by atoms with E-state index in [2.05, 4.69) is 10.1 Å². The number of hydrogen-bond acceptors (Lipinski definition) is 5. The molecule has 3 N–H and O–H groups in total. The van der Waals surface area contributed by atoms with Crippen LogP contribution in [0.1, 0.15) is 11.3 Å². The van der Waals surface area contributed by atoms with Crippen molar-refractivity contribution in [3.8, 4) is 0 Å². The summed E-state index contributed by atoms with van der Waals surface area (Å²) in [6, 6.07) is 5.26. The highest BCUT2D eigenvalue weighted by Crippen LogP contribution is 2.33. The van der Waals surface area contributed by atoms with Crippen molar-refractivity contribution >= 4 is 40.5 Å². The molecule has 0 radical (unpaired) electrons. The van der Waals surface area contributed by atoms with Gasteiger partial charge in [-0.15, -0.1) is 11.3 Å². The molecule has 94 valence electrons. The van der Waals surface area contributed by atoms with E-state index < -0.39 is 0 Å². The van der Waals surface area contributed by atoms with E-state index in [-0.39, 0.29) is 5.84 Å². The van der Waals surface area contributed by atoms with Gasteiger partial charge >= 0.3 is 0 Å². The molecule has 2 rings (SSSR count). The molecule has 0 amide bonds. The van der Waals surface area contributed by atoms with E-state index in [1.807, 2.05) is 18.4 Å². The number of thiazole rings is 1. The van der Waals surface area contributed by atoms with Crippen LogP contribution < -0.4 is 5.73 Å². The Bertz CT molecular complexity index is 598. The van der Waals surface area contributed by atoms with E-state index in [9.17, 15) is 0 Å². The quantitative estimate of drug-likeness (QED) is 0.394. The Morgan fingerprint density at radius 3 is 2.94 bits per heavy atom. The number of aromatic nitrogens is 1. The van der Waals surface area contributed by atoms with Gasteiger partial charge in [0, 0.05) is 26.6 Å². The normalized spacial score (nSPS) is 11.8. The second kappa shape index (κ2) is 5.60. The van der Waals surface area contributed by atoms with Gasteiger partial charge in [0.2, 0.25) is 0 Å². The third kappa shape index (κ3) is 2.95. The standard InChI is InChI=1S/C11H10ClN3OS2/c1-6-5-17-11(14-6)18-9-3-2-7(12)4-8(9)10(13)15-16/h2-5,16H,1H3,(H2,13,15). The van der Waals surface area contributed by atoms with E-state index in [1.165, 1.54) is 11.8 Å². The predicted molar refractivity (Wildman–Crippen MR) is 74.9 cm³/mol. The van der Waals surface area contributed by atoms with Crippen molar-refractivity contribution in [3.63, 3.8) is 0 Å². The maximum Gasteiger partial charge on any atom is 0.171 e. The Kier molecular flexibility index (Phi) is 4.11. The smallest absolute Gasteiger partial charge is 0.171 e. The number of hydrogen-bond donors (Lipinski definition) is 2. The minimum absolute atomic E-state index is 0.0354. The Hall–Kier alpha value is -1.24. The van der Waals surface area contributed by atoms with E-state index >= 15 is 0 Å². The number of oxime groups is 1. The Labute approximate surface area is 117 Å². The third-order valence-corrected chi connectivity index (χ3v) is 4.49. The van der Waals surface area contributed by atoms with Gasteiger partial charge in [0.15, 0.2) is 10.2 Å². The van der Waals surface area contributed by atoms with Crippen LogP contribution in [0, 0.1) is 6.92 Å². The minimum Gasteiger partial charge on any atom is -0.409 e. The van der Waals surface area contributed by atoms with Crippen LogP contribution in [0.4, 0.5) is 0 Å². The molecule has 4 nitrogen and oxygen atoms in total. The molecule has 0 atom stereocenters. The molecule has 2 aromatic rings. The Morgan fingerprint density at radius 1 is 1.56 bits per heavy atom. The van der Waals surface area contributed by atoms with Crippen molar-refractivity contribution in [2.75, 3.05) is 0 Å². The fraction of sp³-hybridized carbons (Fsp3) is 0.0909. The van der Waals surface area contributed by atoms with Crippen molar-refractivity contribution in [2.24, 2.45) is 10.9 Å². The lowest BCUT2D eigenvalue weighted by Crippen LogP contribution is -2.14. The largest absolute Gasteiger partial charge is 0.409 e. The van der Waals surface area contributed by atoms with Crippen LogP contribution in [0.2, 0.25) is 5.02 Å². The van der Waals surface area contributed by atoms with Crippen molar-refractivity contribution in [1.82, 2.24) is 4.98 Å². The van der Waals surface area contributed by atoms with E-state index in [0.717, 1.165) is 14.9 Å². The number of nitrogens with zero attached hydrogens (tertiary/aromatic N) is 2. The van der Waals surface area contributed by atoms with Crippen molar-refractivity contribution in [1.29, 1.82) is 0 Å². The second-order valence-corrected chi connectivity index (χ2v) is 6.07. The monoisotopic (exact) mass is 299 g/mol. The molecule has 18 heavy (non-hydrogen) atoms. The number of rotatable bonds is 3. The fourth-order valence-corrected chi connectivity index (χ4v) is 3.40. The molecule has 0 bridgehead atoms. The first kappa shape index (κ1) is 13.2. The lowest BCUT2D eigenvalue weighted by atomic mass is 10.2. The SMILES string of the molecule is Cc1csc(Sc2ccc(Cl)cc2C(N)=NO)n1. The molecular formula is C11H10ClN3OS2. The molecule has 0 saturated heterocycles. The molecule has 1 aromatic carbocycles. The summed E-state index contributed by atoms with van der Waals surface area (Å²) in [6.45, 7) is 1.94. The van der Waals surface area contributed by atoms with Gasteiger partial charge in [-0.05, 0) is 25.1 Å². The minimum atomic E-state index is 0.0354. The average molecular weight is 300 g/mol. The summed E-state index contributed by atoms with van der Waals surface area (Å²) in [5.41, 5.74) is 7.21. The first-order chi connectivity index (χ1) is 8.60. The van der Waals surface area contributed by atoms with Crippen LogP contribution in [0.3, 0.4) is 0 Å². The molecule has 0 saturated carbocycles. The maximum atomic E-state index is 8.77. The summed E-state index contributed by atoms with van der Waals surface area (Å²) in [6.07, 6.45) is 0. The zero-order valence-electron chi connectivity index (χ0n) is 9.42. The molecule has 0 spiro atoms. The average Bonchev–Trinajstić information content (AvgIpc) is 2.76. The van der Waals surface area contributed by atoms with Gasteiger partial charge in [0.25, 0.3) is 0 Å². The lowest BCUT2D eigenvalue weighted by molar-refractivity contribution is 0.318. The predicted octanol–water partition coefficient (Wildman–Crippen LogP) is 3.35.